The Balaban J connectivity index is 1.79. The zero-order chi connectivity index (χ0) is 15.8. The highest BCUT2D eigenvalue weighted by molar-refractivity contribution is 9.10. The van der Waals surface area contributed by atoms with Gasteiger partial charge in [0.15, 0.2) is 5.96 Å². The number of thiophene rings is 1. The van der Waals surface area contributed by atoms with Crippen LogP contribution >= 0.6 is 27.3 Å². The van der Waals surface area contributed by atoms with Crippen LogP contribution < -0.4 is 15.4 Å². The van der Waals surface area contributed by atoms with Crippen molar-refractivity contribution in [2.45, 2.75) is 13.0 Å². The quantitative estimate of drug-likeness (QED) is 0.595. The molecule has 0 amide bonds. The molecule has 0 aliphatic heterocycles. The van der Waals surface area contributed by atoms with Gasteiger partial charge in [-0.2, -0.15) is 0 Å². The van der Waals surface area contributed by atoms with Crippen LogP contribution in [-0.4, -0.2) is 26.7 Å². The summed E-state index contributed by atoms with van der Waals surface area (Å²) in [4.78, 5) is 5.62. The minimum absolute atomic E-state index is 0.710. The van der Waals surface area contributed by atoms with Crippen LogP contribution in [0.3, 0.4) is 0 Å². The van der Waals surface area contributed by atoms with Crippen LogP contribution in [0.25, 0.3) is 0 Å². The first-order chi connectivity index (χ1) is 10.7. The van der Waals surface area contributed by atoms with E-state index in [0.29, 0.717) is 6.54 Å². The zero-order valence-electron chi connectivity index (χ0n) is 12.7. The van der Waals surface area contributed by atoms with Crippen LogP contribution in [-0.2, 0) is 13.0 Å². The molecule has 4 nitrogen and oxygen atoms in total. The third-order valence-electron chi connectivity index (χ3n) is 3.14. The molecule has 0 fully saturated rings. The number of aliphatic imine (C=N–C) groups is 1. The molecule has 0 aliphatic rings. The molecule has 0 unspecified atom stereocenters. The second-order valence-electron chi connectivity index (χ2n) is 4.65. The van der Waals surface area contributed by atoms with Gasteiger partial charge in [0.25, 0.3) is 0 Å². The molecular weight excluding hydrogens is 362 g/mol. The van der Waals surface area contributed by atoms with Crippen molar-refractivity contribution < 1.29 is 4.74 Å². The fourth-order valence-corrected chi connectivity index (χ4v) is 3.28. The molecule has 1 aromatic heterocycles. The summed E-state index contributed by atoms with van der Waals surface area (Å²) in [5.74, 6) is 1.64. The maximum atomic E-state index is 5.23. The smallest absolute Gasteiger partial charge is 0.191 e. The minimum atomic E-state index is 0.710. The van der Waals surface area contributed by atoms with E-state index in [4.69, 9.17) is 4.74 Å². The van der Waals surface area contributed by atoms with Crippen molar-refractivity contribution in [3.05, 3.63) is 50.6 Å². The number of hydrogen-bond donors (Lipinski definition) is 2. The highest BCUT2D eigenvalue weighted by Gasteiger charge is 2.03. The minimum Gasteiger partial charge on any atom is -0.496 e. The Hall–Kier alpha value is -1.53. The first kappa shape index (κ1) is 16.8. The number of halogens is 1. The van der Waals surface area contributed by atoms with Crippen LogP contribution in [0.5, 0.6) is 5.75 Å². The van der Waals surface area contributed by atoms with Crippen molar-refractivity contribution in [1.82, 2.24) is 10.6 Å². The average molecular weight is 382 g/mol. The molecule has 0 saturated carbocycles. The first-order valence-corrected chi connectivity index (χ1v) is 8.69. The summed E-state index contributed by atoms with van der Waals surface area (Å²) in [5, 5.41) is 8.74. The predicted molar refractivity (Wildman–Crippen MR) is 96.9 cm³/mol. The van der Waals surface area contributed by atoms with Crippen molar-refractivity contribution >= 4 is 33.2 Å². The van der Waals surface area contributed by atoms with E-state index in [1.807, 2.05) is 18.2 Å². The van der Waals surface area contributed by atoms with E-state index in [1.165, 1.54) is 4.88 Å². The molecule has 0 atom stereocenters. The summed E-state index contributed by atoms with van der Waals surface area (Å²) in [6.45, 7) is 1.58. The topological polar surface area (TPSA) is 45.7 Å². The Kier molecular flexibility index (Phi) is 6.74. The van der Waals surface area contributed by atoms with E-state index < -0.39 is 0 Å². The summed E-state index contributed by atoms with van der Waals surface area (Å²) in [6.07, 6.45) is 1.01. The average Bonchev–Trinajstić information content (AvgIpc) is 3.04. The van der Waals surface area contributed by atoms with Gasteiger partial charge in [-0.1, -0.05) is 12.1 Å². The van der Waals surface area contributed by atoms with Crippen LogP contribution in [0.2, 0.25) is 0 Å². The molecule has 1 aromatic carbocycles. The highest BCUT2D eigenvalue weighted by atomic mass is 79.9. The highest BCUT2D eigenvalue weighted by Crippen LogP contribution is 2.25. The molecule has 22 heavy (non-hydrogen) atoms. The van der Waals surface area contributed by atoms with Crippen molar-refractivity contribution in [3.63, 3.8) is 0 Å². The number of ether oxygens (including phenoxy) is 1. The van der Waals surface area contributed by atoms with Crippen LogP contribution in [0.1, 0.15) is 10.4 Å². The molecule has 2 rings (SSSR count). The molecule has 0 bridgehead atoms. The number of nitrogens with one attached hydrogen (secondary N) is 2. The third-order valence-corrected chi connectivity index (χ3v) is 4.70. The second kappa shape index (κ2) is 8.80. The largest absolute Gasteiger partial charge is 0.496 e. The first-order valence-electron chi connectivity index (χ1n) is 7.02. The Labute approximate surface area is 143 Å². The predicted octanol–water partition coefficient (Wildman–Crippen LogP) is 3.43. The van der Waals surface area contributed by atoms with Gasteiger partial charge < -0.3 is 15.4 Å². The number of hydrogen-bond acceptors (Lipinski definition) is 3. The molecule has 2 N–H and O–H groups in total. The van der Waals surface area contributed by atoms with Crippen LogP contribution in [0.15, 0.2) is 45.2 Å². The number of rotatable bonds is 6. The summed E-state index contributed by atoms with van der Waals surface area (Å²) in [5.41, 5.74) is 1.16. The molecule has 2 aromatic rings. The summed E-state index contributed by atoms with van der Waals surface area (Å²) < 4.78 is 6.19. The third kappa shape index (κ3) is 5.03. The normalized spacial score (nSPS) is 11.3. The van der Waals surface area contributed by atoms with Gasteiger partial charge in [-0.3, -0.25) is 4.99 Å². The Morgan fingerprint density at radius 2 is 2.18 bits per heavy atom. The maximum absolute atomic E-state index is 5.23. The van der Waals surface area contributed by atoms with Crippen LogP contribution in [0.4, 0.5) is 0 Å². The monoisotopic (exact) mass is 381 g/mol. The number of methoxy groups -OCH3 is 1. The fourth-order valence-electron chi connectivity index (χ4n) is 1.99. The summed E-state index contributed by atoms with van der Waals surface area (Å²) >= 11 is 5.28. The molecule has 6 heteroatoms. The molecule has 0 saturated heterocycles. The van der Waals surface area contributed by atoms with Crippen molar-refractivity contribution in [3.8, 4) is 5.75 Å². The van der Waals surface area contributed by atoms with Gasteiger partial charge in [0.05, 0.1) is 11.6 Å². The van der Waals surface area contributed by atoms with E-state index in [1.54, 1.807) is 25.5 Å². The lowest BCUT2D eigenvalue weighted by Crippen LogP contribution is -2.37. The maximum Gasteiger partial charge on any atom is 0.191 e. The lowest BCUT2D eigenvalue weighted by molar-refractivity contribution is 0.412. The molecule has 0 radical (unpaired) electrons. The summed E-state index contributed by atoms with van der Waals surface area (Å²) in [7, 11) is 3.45. The van der Waals surface area contributed by atoms with Gasteiger partial charge in [-0.15, -0.1) is 11.3 Å². The molecular formula is C16H20BrN3OS. The lowest BCUT2D eigenvalue weighted by atomic mass is 10.2. The van der Waals surface area contributed by atoms with Crippen LogP contribution in [0, 0.1) is 0 Å². The molecule has 0 aliphatic carbocycles. The van der Waals surface area contributed by atoms with E-state index in [2.05, 4.69) is 49.1 Å². The van der Waals surface area contributed by atoms with Gasteiger partial charge in [0.2, 0.25) is 0 Å². The van der Waals surface area contributed by atoms with Gasteiger partial charge >= 0.3 is 0 Å². The van der Waals surface area contributed by atoms with Gasteiger partial charge in [0.1, 0.15) is 5.75 Å². The zero-order valence-corrected chi connectivity index (χ0v) is 15.1. The van der Waals surface area contributed by atoms with Crippen molar-refractivity contribution in [1.29, 1.82) is 0 Å². The fraction of sp³-hybridized carbons (Fsp3) is 0.312. The standard InChI is InChI=1S/C16H20BrN3OS/c1-18-16(19-8-7-13-4-3-9-22-13)20-11-12-5-6-15(21-2)14(17)10-12/h3-6,9-10H,7-8,11H2,1-2H3,(H2,18,19,20). The lowest BCUT2D eigenvalue weighted by Gasteiger charge is -2.12. The molecule has 0 spiro atoms. The number of nitrogens with zero attached hydrogens (tertiary/aromatic N) is 1. The molecule has 1 heterocycles. The number of benzene rings is 1. The Morgan fingerprint density at radius 1 is 1.32 bits per heavy atom. The van der Waals surface area contributed by atoms with Crippen molar-refractivity contribution in [2.75, 3.05) is 20.7 Å². The second-order valence-corrected chi connectivity index (χ2v) is 6.54. The van der Waals surface area contributed by atoms with E-state index >= 15 is 0 Å². The summed E-state index contributed by atoms with van der Waals surface area (Å²) in [6, 6.07) is 10.3. The number of guanidine groups is 1. The Bertz CT molecular complexity index is 614. The van der Waals surface area contributed by atoms with Crippen molar-refractivity contribution in [2.24, 2.45) is 4.99 Å². The van der Waals surface area contributed by atoms with E-state index in [-0.39, 0.29) is 0 Å². The van der Waals surface area contributed by atoms with Gasteiger partial charge in [-0.05, 0) is 51.5 Å². The Morgan fingerprint density at radius 3 is 2.82 bits per heavy atom. The van der Waals surface area contributed by atoms with Gasteiger partial charge in [0, 0.05) is 25.0 Å². The molecule has 118 valence electrons. The SMILES string of the molecule is CN=C(NCCc1cccs1)NCc1ccc(OC)c(Br)c1. The van der Waals surface area contributed by atoms with E-state index in [0.717, 1.165) is 34.7 Å². The van der Waals surface area contributed by atoms with Gasteiger partial charge in [-0.25, -0.2) is 0 Å². The van der Waals surface area contributed by atoms with E-state index in [9.17, 15) is 0 Å².